The van der Waals surface area contributed by atoms with Gasteiger partial charge in [-0.05, 0) is 49.2 Å². The predicted octanol–water partition coefficient (Wildman–Crippen LogP) is 1.38. The largest absolute Gasteiger partial charge is 0.346 e. The van der Waals surface area contributed by atoms with Crippen LogP contribution in [0.4, 0.5) is 0 Å². The van der Waals surface area contributed by atoms with Crippen molar-refractivity contribution in [3.8, 4) is 5.69 Å². The molecular formula is C19H20N6O3S. The smallest absolute Gasteiger partial charge is 0.251 e. The second-order valence-electron chi connectivity index (χ2n) is 6.68. The molecule has 3 heterocycles. The minimum absolute atomic E-state index is 0.201. The number of carbonyl (C=O) groups is 1. The lowest BCUT2D eigenvalue weighted by atomic mass is 10.2. The standard InChI is InChI=1S/C19H20N6O3S/c26-19(21-12-16-14-25(23-22-16)17-4-3-9-20-13-17)15-5-7-18(8-6-15)29(27,28)24-10-1-2-11-24/h3-9,13-14H,1-2,10-12H2,(H,21,26). The maximum atomic E-state index is 12.5. The monoisotopic (exact) mass is 412 g/mol. The second-order valence-corrected chi connectivity index (χ2v) is 8.62. The molecule has 0 aliphatic carbocycles. The lowest BCUT2D eigenvalue weighted by molar-refractivity contribution is 0.0950. The van der Waals surface area contributed by atoms with Crippen molar-refractivity contribution in [2.75, 3.05) is 13.1 Å². The minimum Gasteiger partial charge on any atom is -0.346 e. The summed E-state index contributed by atoms with van der Waals surface area (Å²) in [6, 6.07) is 9.63. The average molecular weight is 412 g/mol. The van der Waals surface area contributed by atoms with Crippen LogP contribution in [-0.4, -0.2) is 51.7 Å². The normalized spacial score (nSPS) is 14.8. The van der Waals surface area contributed by atoms with Crippen LogP contribution in [0.3, 0.4) is 0 Å². The van der Waals surface area contributed by atoms with Crippen LogP contribution in [0.15, 0.2) is 59.9 Å². The van der Waals surface area contributed by atoms with Crippen LogP contribution in [0.1, 0.15) is 28.9 Å². The Hall–Kier alpha value is -3.11. The Labute approximate surface area is 168 Å². The molecule has 0 saturated carbocycles. The fraction of sp³-hybridized carbons (Fsp3) is 0.263. The summed E-state index contributed by atoms with van der Waals surface area (Å²) in [4.78, 5) is 16.6. The summed E-state index contributed by atoms with van der Waals surface area (Å²) < 4.78 is 28.2. The van der Waals surface area contributed by atoms with Crippen molar-refractivity contribution in [1.82, 2.24) is 29.6 Å². The molecular weight excluding hydrogens is 392 g/mol. The van der Waals surface area contributed by atoms with E-state index < -0.39 is 10.0 Å². The van der Waals surface area contributed by atoms with Gasteiger partial charge in [0.05, 0.1) is 29.5 Å². The van der Waals surface area contributed by atoms with Crippen LogP contribution in [-0.2, 0) is 16.6 Å². The first-order valence-electron chi connectivity index (χ1n) is 9.24. The van der Waals surface area contributed by atoms with E-state index in [1.54, 1.807) is 29.3 Å². The van der Waals surface area contributed by atoms with Gasteiger partial charge in [0, 0.05) is 24.8 Å². The third-order valence-corrected chi connectivity index (χ3v) is 6.61. The molecule has 3 aromatic rings. The zero-order chi connectivity index (χ0) is 20.3. The van der Waals surface area contributed by atoms with Crippen molar-refractivity contribution < 1.29 is 13.2 Å². The lowest BCUT2D eigenvalue weighted by Gasteiger charge is -2.15. The van der Waals surface area contributed by atoms with Gasteiger partial charge in [-0.25, -0.2) is 13.1 Å². The van der Waals surface area contributed by atoms with Crippen molar-refractivity contribution in [3.05, 3.63) is 66.2 Å². The van der Waals surface area contributed by atoms with E-state index in [0.29, 0.717) is 24.3 Å². The number of benzene rings is 1. The number of hydrogen-bond donors (Lipinski definition) is 1. The Morgan fingerprint density at radius 3 is 2.55 bits per heavy atom. The number of rotatable bonds is 6. The molecule has 1 N–H and O–H groups in total. The van der Waals surface area contributed by atoms with Gasteiger partial charge >= 0.3 is 0 Å². The van der Waals surface area contributed by atoms with Crippen molar-refractivity contribution in [2.45, 2.75) is 24.3 Å². The molecule has 1 fully saturated rings. The topological polar surface area (TPSA) is 110 Å². The lowest BCUT2D eigenvalue weighted by Crippen LogP contribution is -2.28. The summed E-state index contributed by atoms with van der Waals surface area (Å²) >= 11 is 0. The van der Waals surface area contributed by atoms with Gasteiger partial charge in [-0.15, -0.1) is 5.10 Å². The Balaban J connectivity index is 1.38. The maximum Gasteiger partial charge on any atom is 0.251 e. The fourth-order valence-electron chi connectivity index (χ4n) is 3.12. The van der Waals surface area contributed by atoms with E-state index in [0.717, 1.165) is 18.5 Å². The van der Waals surface area contributed by atoms with Gasteiger partial charge < -0.3 is 5.32 Å². The molecule has 150 valence electrons. The molecule has 1 amide bonds. The molecule has 0 bridgehead atoms. The molecule has 29 heavy (non-hydrogen) atoms. The molecule has 0 unspecified atom stereocenters. The highest BCUT2D eigenvalue weighted by Gasteiger charge is 2.27. The molecule has 0 spiro atoms. The van der Waals surface area contributed by atoms with E-state index in [4.69, 9.17) is 0 Å². The summed E-state index contributed by atoms with van der Waals surface area (Å²) in [6.07, 6.45) is 6.80. The molecule has 0 atom stereocenters. The van der Waals surface area contributed by atoms with E-state index in [1.165, 1.54) is 28.6 Å². The number of hydrogen-bond acceptors (Lipinski definition) is 6. The second kappa shape index (κ2) is 8.10. The van der Waals surface area contributed by atoms with Crippen LogP contribution >= 0.6 is 0 Å². The van der Waals surface area contributed by atoms with Crippen LogP contribution in [0.2, 0.25) is 0 Å². The van der Waals surface area contributed by atoms with Gasteiger partial charge in [0.2, 0.25) is 10.0 Å². The minimum atomic E-state index is -3.48. The van der Waals surface area contributed by atoms with Crippen molar-refractivity contribution in [2.24, 2.45) is 0 Å². The number of sulfonamides is 1. The van der Waals surface area contributed by atoms with E-state index in [2.05, 4.69) is 20.6 Å². The van der Waals surface area contributed by atoms with E-state index in [1.807, 2.05) is 6.07 Å². The highest BCUT2D eigenvalue weighted by atomic mass is 32.2. The van der Waals surface area contributed by atoms with Crippen molar-refractivity contribution >= 4 is 15.9 Å². The number of amides is 1. The summed E-state index contributed by atoms with van der Waals surface area (Å²) in [5.41, 5.74) is 1.74. The van der Waals surface area contributed by atoms with Crippen LogP contribution in [0.5, 0.6) is 0 Å². The van der Waals surface area contributed by atoms with Crippen LogP contribution < -0.4 is 5.32 Å². The summed E-state index contributed by atoms with van der Waals surface area (Å²) in [6.45, 7) is 1.29. The molecule has 0 radical (unpaired) electrons. The third-order valence-electron chi connectivity index (χ3n) is 4.70. The van der Waals surface area contributed by atoms with Gasteiger partial charge in [0.15, 0.2) is 0 Å². The van der Waals surface area contributed by atoms with Gasteiger partial charge in [0.1, 0.15) is 5.69 Å². The fourth-order valence-corrected chi connectivity index (χ4v) is 4.64. The number of aromatic nitrogens is 4. The molecule has 1 aromatic carbocycles. The van der Waals surface area contributed by atoms with E-state index in [-0.39, 0.29) is 17.3 Å². The van der Waals surface area contributed by atoms with Crippen molar-refractivity contribution in [3.63, 3.8) is 0 Å². The summed E-state index contributed by atoms with van der Waals surface area (Å²) in [5, 5.41) is 10.8. The first-order valence-corrected chi connectivity index (χ1v) is 10.7. The molecule has 10 heteroatoms. The van der Waals surface area contributed by atoms with Gasteiger partial charge in [-0.2, -0.15) is 4.31 Å². The number of pyridine rings is 1. The van der Waals surface area contributed by atoms with E-state index in [9.17, 15) is 13.2 Å². The van der Waals surface area contributed by atoms with Gasteiger partial charge in [-0.1, -0.05) is 5.21 Å². The SMILES string of the molecule is O=C(NCc1cn(-c2cccnc2)nn1)c1ccc(S(=O)(=O)N2CCCC2)cc1. The average Bonchev–Trinajstić information content (AvgIpc) is 3.45. The molecule has 2 aromatic heterocycles. The Morgan fingerprint density at radius 1 is 1.10 bits per heavy atom. The Kier molecular flexibility index (Phi) is 5.36. The Bertz CT molecular complexity index is 1090. The number of carbonyl (C=O) groups excluding carboxylic acids is 1. The number of nitrogens with zero attached hydrogens (tertiary/aromatic N) is 5. The molecule has 1 saturated heterocycles. The van der Waals surface area contributed by atoms with E-state index >= 15 is 0 Å². The summed E-state index contributed by atoms with van der Waals surface area (Å²) in [5.74, 6) is -0.314. The molecule has 9 nitrogen and oxygen atoms in total. The maximum absolute atomic E-state index is 12.5. The molecule has 1 aliphatic heterocycles. The quantitative estimate of drug-likeness (QED) is 0.655. The predicted molar refractivity (Wildman–Crippen MR) is 105 cm³/mol. The Morgan fingerprint density at radius 2 is 1.86 bits per heavy atom. The molecule has 1 aliphatic rings. The highest BCUT2D eigenvalue weighted by Crippen LogP contribution is 2.21. The first kappa shape index (κ1) is 19.2. The molecule has 4 rings (SSSR count). The summed E-state index contributed by atoms with van der Waals surface area (Å²) in [7, 11) is -3.48. The highest BCUT2D eigenvalue weighted by molar-refractivity contribution is 7.89. The zero-order valence-corrected chi connectivity index (χ0v) is 16.4. The number of nitrogens with one attached hydrogen (secondary N) is 1. The third kappa shape index (κ3) is 4.17. The first-order chi connectivity index (χ1) is 14.0. The van der Waals surface area contributed by atoms with Crippen LogP contribution in [0, 0.1) is 0 Å². The van der Waals surface area contributed by atoms with Crippen molar-refractivity contribution in [1.29, 1.82) is 0 Å². The van der Waals surface area contributed by atoms with Gasteiger partial charge in [0.25, 0.3) is 5.91 Å². The zero-order valence-electron chi connectivity index (χ0n) is 15.6. The van der Waals surface area contributed by atoms with Crippen LogP contribution in [0.25, 0.3) is 5.69 Å². The van der Waals surface area contributed by atoms with Gasteiger partial charge in [-0.3, -0.25) is 9.78 Å².